The van der Waals surface area contributed by atoms with Gasteiger partial charge in [-0.25, -0.2) is 0 Å². The van der Waals surface area contributed by atoms with Crippen molar-refractivity contribution in [1.29, 1.82) is 0 Å². The molecular formula is C11H16N2O3. The maximum atomic E-state index is 10.8. The van der Waals surface area contributed by atoms with E-state index in [1.165, 1.54) is 6.07 Å². The zero-order valence-corrected chi connectivity index (χ0v) is 9.53. The number of aryl methyl sites for hydroxylation is 1. The van der Waals surface area contributed by atoms with E-state index in [-0.39, 0.29) is 10.6 Å². The van der Waals surface area contributed by atoms with E-state index in [1.807, 2.05) is 13.8 Å². The summed E-state index contributed by atoms with van der Waals surface area (Å²) in [6, 6.07) is 5.01. The zero-order valence-electron chi connectivity index (χ0n) is 9.53. The van der Waals surface area contributed by atoms with Crippen molar-refractivity contribution < 1.29 is 9.66 Å². The van der Waals surface area contributed by atoms with Crippen LogP contribution in [0.25, 0.3) is 0 Å². The molecule has 5 nitrogen and oxygen atoms in total. The van der Waals surface area contributed by atoms with E-state index < -0.39 is 0 Å². The number of nitrogens with one attached hydrogen (secondary N) is 1. The lowest BCUT2D eigenvalue weighted by molar-refractivity contribution is -0.384. The van der Waals surface area contributed by atoms with Crippen LogP contribution < -0.4 is 5.32 Å². The van der Waals surface area contributed by atoms with Crippen LogP contribution in [0.3, 0.4) is 0 Å². The Kier molecular flexibility index (Phi) is 4.72. The van der Waals surface area contributed by atoms with Crippen molar-refractivity contribution in [3.05, 3.63) is 33.9 Å². The third-order valence-corrected chi connectivity index (χ3v) is 2.11. The van der Waals surface area contributed by atoms with Gasteiger partial charge in [-0.05, 0) is 25.5 Å². The van der Waals surface area contributed by atoms with Gasteiger partial charge in [-0.1, -0.05) is 6.07 Å². The highest BCUT2D eigenvalue weighted by Crippen LogP contribution is 2.24. The van der Waals surface area contributed by atoms with Gasteiger partial charge in [0.15, 0.2) is 0 Å². The van der Waals surface area contributed by atoms with Gasteiger partial charge >= 0.3 is 0 Å². The summed E-state index contributed by atoms with van der Waals surface area (Å²) in [5.41, 5.74) is 1.64. The summed E-state index contributed by atoms with van der Waals surface area (Å²) in [7, 11) is 0. The molecule has 0 fully saturated rings. The summed E-state index contributed by atoms with van der Waals surface area (Å²) in [6.45, 7) is 5.57. The lowest BCUT2D eigenvalue weighted by Gasteiger charge is -2.07. The molecule has 0 aliphatic carbocycles. The maximum absolute atomic E-state index is 10.8. The number of benzene rings is 1. The minimum atomic E-state index is -0.386. The average molecular weight is 224 g/mol. The average Bonchev–Trinajstić information content (AvgIpc) is 2.24. The molecule has 0 aliphatic rings. The number of hydrogen-bond donors (Lipinski definition) is 1. The largest absolute Gasteiger partial charge is 0.380 e. The highest BCUT2D eigenvalue weighted by molar-refractivity contribution is 5.62. The summed E-state index contributed by atoms with van der Waals surface area (Å²) in [6.07, 6.45) is 0. The Morgan fingerprint density at radius 2 is 2.25 bits per heavy atom. The Morgan fingerprint density at radius 3 is 2.88 bits per heavy atom. The van der Waals surface area contributed by atoms with Crippen LogP contribution >= 0.6 is 0 Å². The summed E-state index contributed by atoms with van der Waals surface area (Å²) in [5.74, 6) is 0. The molecule has 0 amide bonds. The number of hydrogen-bond acceptors (Lipinski definition) is 4. The topological polar surface area (TPSA) is 64.4 Å². The molecule has 88 valence electrons. The second-order valence-electron chi connectivity index (χ2n) is 3.40. The zero-order chi connectivity index (χ0) is 12.0. The number of nitro groups is 1. The molecule has 0 spiro atoms. The van der Waals surface area contributed by atoms with E-state index in [4.69, 9.17) is 4.74 Å². The molecule has 0 heterocycles. The summed E-state index contributed by atoms with van der Waals surface area (Å²) < 4.78 is 5.15. The molecule has 0 aliphatic heterocycles. The third kappa shape index (κ3) is 3.51. The monoisotopic (exact) mass is 224 g/mol. The fraction of sp³-hybridized carbons (Fsp3) is 0.455. The molecule has 0 bridgehead atoms. The third-order valence-electron chi connectivity index (χ3n) is 2.11. The Bertz CT molecular complexity index is 366. The number of rotatable bonds is 6. The van der Waals surface area contributed by atoms with Crippen LogP contribution in [0.5, 0.6) is 0 Å². The molecule has 0 radical (unpaired) electrons. The smallest absolute Gasteiger partial charge is 0.292 e. The van der Waals surface area contributed by atoms with E-state index in [9.17, 15) is 10.1 Å². The van der Waals surface area contributed by atoms with Crippen molar-refractivity contribution in [2.75, 3.05) is 25.1 Å². The second kappa shape index (κ2) is 6.07. The number of anilines is 1. The van der Waals surface area contributed by atoms with Crippen LogP contribution in [0, 0.1) is 17.0 Å². The Labute approximate surface area is 94.6 Å². The van der Waals surface area contributed by atoms with Crippen LogP contribution in [-0.2, 0) is 4.74 Å². The maximum Gasteiger partial charge on any atom is 0.292 e. The van der Waals surface area contributed by atoms with Crippen LogP contribution in [0.2, 0.25) is 0 Å². The molecule has 0 saturated carbocycles. The first-order valence-electron chi connectivity index (χ1n) is 5.21. The van der Waals surface area contributed by atoms with Crippen molar-refractivity contribution >= 4 is 11.4 Å². The lowest BCUT2D eigenvalue weighted by atomic mass is 10.2. The summed E-state index contributed by atoms with van der Waals surface area (Å²) in [4.78, 5) is 10.4. The van der Waals surface area contributed by atoms with Crippen molar-refractivity contribution in [3.63, 3.8) is 0 Å². The first-order chi connectivity index (χ1) is 7.65. The van der Waals surface area contributed by atoms with Gasteiger partial charge in [0.1, 0.15) is 5.69 Å². The first-order valence-corrected chi connectivity index (χ1v) is 5.21. The highest BCUT2D eigenvalue weighted by Gasteiger charge is 2.12. The number of nitro benzene ring substituents is 1. The lowest BCUT2D eigenvalue weighted by Crippen LogP contribution is -2.10. The molecule has 0 saturated heterocycles. The van der Waals surface area contributed by atoms with Gasteiger partial charge in [0, 0.05) is 19.2 Å². The van der Waals surface area contributed by atoms with Gasteiger partial charge in [-0.2, -0.15) is 0 Å². The minimum absolute atomic E-state index is 0.0992. The molecule has 0 aromatic heterocycles. The molecule has 0 unspecified atom stereocenters. The van der Waals surface area contributed by atoms with Gasteiger partial charge in [-0.3, -0.25) is 10.1 Å². The van der Waals surface area contributed by atoms with E-state index in [0.29, 0.717) is 25.4 Å². The predicted molar refractivity (Wildman–Crippen MR) is 62.8 cm³/mol. The van der Waals surface area contributed by atoms with Crippen LogP contribution in [0.1, 0.15) is 12.5 Å². The molecular weight excluding hydrogens is 208 g/mol. The molecule has 16 heavy (non-hydrogen) atoms. The quantitative estimate of drug-likeness (QED) is 0.457. The van der Waals surface area contributed by atoms with Crippen molar-refractivity contribution in [2.24, 2.45) is 0 Å². The van der Waals surface area contributed by atoms with Crippen LogP contribution in [-0.4, -0.2) is 24.7 Å². The molecule has 1 N–H and O–H groups in total. The Morgan fingerprint density at radius 1 is 1.50 bits per heavy atom. The standard InChI is InChI=1S/C11H16N2O3/c1-3-16-7-6-12-10-8-9(2)4-5-11(10)13(14)15/h4-5,8,12H,3,6-7H2,1-2H3. The van der Waals surface area contributed by atoms with Crippen molar-refractivity contribution in [3.8, 4) is 0 Å². The van der Waals surface area contributed by atoms with Gasteiger partial charge in [0.25, 0.3) is 5.69 Å². The molecule has 5 heteroatoms. The fourth-order valence-corrected chi connectivity index (χ4v) is 1.35. The second-order valence-corrected chi connectivity index (χ2v) is 3.40. The molecule has 1 aromatic rings. The Balaban J connectivity index is 2.68. The van der Waals surface area contributed by atoms with Crippen LogP contribution in [0.4, 0.5) is 11.4 Å². The van der Waals surface area contributed by atoms with Crippen molar-refractivity contribution in [2.45, 2.75) is 13.8 Å². The predicted octanol–water partition coefficient (Wildman–Crippen LogP) is 2.35. The van der Waals surface area contributed by atoms with Gasteiger partial charge in [0.05, 0.1) is 11.5 Å². The van der Waals surface area contributed by atoms with Gasteiger partial charge < -0.3 is 10.1 Å². The van der Waals surface area contributed by atoms with Gasteiger partial charge in [0.2, 0.25) is 0 Å². The summed E-state index contributed by atoms with van der Waals surface area (Å²) in [5, 5.41) is 13.8. The van der Waals surface area contributed by atoms with E-state index in [0.717, 1.165) is 5.56 Å². The Hall–Kier alpha value is -1.62. The van der Waals surface area contributed by atoms with Crippen molar-refractivity contribution in [1.82, 2.24) is 0 Å². The fourth-order valence-electron chi connectivity index (χ4n) is 1.35. The normalized spacial score (nSPS) is 10.1. The molecule has 1 rings (SSSR count). The first kappa shape index (κ1) is 12.4. The summed E-state index contributed by atoms with van der Waals surface area (Å²) >= 11 is 0. The SMILES string of the molecule is CCOCCNc1cc(C)ccc1[N+](=O)[O-]. The highest BCUT2D eigenvalue weighted by atomic mass is 16.6. The molecule has 1 aromatic carbocycles. The van der Waals surface area contributed by atoms with E-state index in [2.05, 4.69) is 5.32 Å². The number of ether oxygens (including phenoxy) is 1. The van der Waals surface area contributed by atoms with E-state index >= 15 is 0 Å². The number of nitrogens with zero attached hydrogens (tertiary/aromatic N) is 1. The van der Waals surface area contributed by atoms with E-state index in [1.54, 1.807) is 12.1 Å². The minimum Gasteiger partial charge on any atom is -0.380 e. The van der Waals surface area contributed by atoms with Crippen LogP contribution in [0.15, 0.2) is 18.2 Å². The molecule has 0 atom stereocenters. The van der Waals surface area contributed by atoms with Gasteiger partial charge in [-0.15, -0.1) is 0 Å².